The highest BCUT2D eigenvalue weighted by atomic mass is 16.5. The Hall–Kier alpha value is -4.54. The van der Waals surface area contributed by atoms with Gasteiger partial charge in [0.05, 0.1) is 42.2 Å². The Labute approximate surface area is 303 Å². The topological polar surface area (TPSA) is 124 Å². The zero-order valence-corrected chi connectivity index (χ0v) is 30.2. The number of benzene rings is 2. The second-order valence-corrected chi connectivity index (χ2v) is 16.3. The number of methoxy groups -OCH3 is 2. The third-order valence-corrected chi connectivity index (χ3v) is 14.7. The molecule has 8 aliphatic rings. The Kier molecular flexibility index (Phi) is 6.51. The van der Waals surface area contributed by atoms with E-state index >= 15 is 0 Å². The van der Waals surface area contributed by atoms with Gasteiger partial charge in [0.25, 0.3) is 0 Å². The van der Waals surface area contributed by atoms with Gasteiger partial charge in [0.1, 0.15) is 11.5 Å². The number of phenols is 2. The highest BCUT2D eigenvalue weighted by Crippen LogP contribution is 2.68. The van der Waals surface area contributed by atoms with Gasteiger partial charge < -0.3 is 30.3 Å². The summed E-state index contributed by atoms with van der Waals surface area (Å²) in [5, 5.41) is 29.8. The number of ether oxygens (including phenoxy) is 2. The number of aromatic hydroxyl groups is 2. The van der Waals surface area contributed by atoms with Crippen LogP contribution >= 0.6 is 0 Å². The van der Waals surface area contributed by atoms with Gasteiger partial charge in [-0.3, -0.25) is 9.80 Å². The summed E-state index contributed by atoms with van der Waals surface area (Å²) in [5.74, 6) is -0.218. The number of nitrogens with zero attached hydrogens (tertiary/aromatic N) is 2. The molecule has 10 rings (SSSR count). The molecule has 270 valence electrons. The zero-order valence-electron chi connectivity index (χ0n) is 30.2. The molecule has 0 aromatic heterocycles. The summed E-state index contributed by atoms with van der Waals surface area (Å²) in [7, 11) is 2.91. The molecular weight excluding hydrogens is 656 g/mol. The van der Waals surface area contributed by atoms with Crippen LogP contribution in [-0.4, -0.2) is 77.9 Å². The van der Waals surface area contributed by atoms with Crippen molar-refractivity contribution < 1.29 is 29.3 Å². The molecule has 10 nitrogen and oxygen atoms in total. The van der Waals surface area contributed by atoms with Gasteiger partial charge in [-0.25, -0.2) is 9.59 Å². The van der Waals surface area contributed by atoms with E-state index in [1.54, 1.807) is 12.1 Å². The molecule has 0 radical (unpaired) electrons. The molecular formula is C42H46N4O6. The van der Waals surface area contributed by atoms with E-state index in [2.05, 4.69) is 64.7 Å². The maximum Gasteiger partial charge on any atom is 0.335 e. The summed E-state index contributed by atoms with van der Waals surface area (Å²) in [6.45, 7) is 6.99. The molecule has 2 aromatic rings. The number of esters is 2. The van der Waals surface area contributed by atoms with Crippen LogP contribution in [0, 0.1) is 10.8 Å². The fraction of sp³-hybridized carbons (Fsp3) is 0.476. The molecule has 2 aliphatic carbocycles. The quantitative estimate of drug-likeness (QED) is 0.221. The monoisotopic (exact) mass is 702 g/mol. The van der Waals surface area contributed by atoms with Crippen molar-refractivity contribution in [1.82, 2.24) is 9.80 Å². The van der Waals surface area contributed by atoms with E-state index in [9.17, 15) is 19.8 Å². The molecule has 0 unspecified atom stereocenters. The summed E-state index contributed by atoms with van der Waals surface area (Å²) < 4.78 is 10.8. The number of carbonyl (C=O) groups is 2. The van der Waals surface area contributed by atoms with Gasteiger partial charge >= 0.3 is 11.9 Å². The molecule has 4 N–H and O–H groups in total. The summed E-state index contributed by atoms with van der Waals surface area (Å²) in [6, 6.07) is 9.58. The first-order valence-electron chi connectivity index (χ1n) is 18.9. The Bertz CT molecular complexity index is 2120. The Morgan fingerprint density at radius 1 is 0.827 bits per heavy atom. The van der Waals surface area contributed by atoms with Crippen LogP contribution in [0.3, 0.4) is 0 Å². The maximum absolute atomic E-state index is 13.5. The van der Waals surface area contributed by atoms with E-state index in [0.717, 1.165) is 84.8 Å². The molecule has 0 amide bonds. The molecule has 7 atom stereocenters. The number of hydrogen-bond donors (Lipinski definition) is 4. The van der Waals surface area contributed by atoms with Gasteiger partial charge in [-0.1, -0.05) is 44.2 Å². The second-order valence-electron chi connectivity index (χ2n) is 16.3. The third-order valence-electron chi connectivity index (χ3n) is 14.7. The summed E-state index contributed by atoms with van der Waals surface area (Å²) in [6.07, 6.45) is 13.7. The Morgan fingerprint density at radius 2 is 1.46 bits per heavy atom. The van der Waals surface area contributed by atoms with Crippen molar-refractivity contribution in [3.63, 3.8) is 0 Å². The number of nitrogens with one attached hydrogen (secondary N) is 2. The predicted molar refractivity (Wildman–Crippen MR) is 196 cm³/mol. The number of phenolic OH excluding ortho intramolecular Hbond substituents is 2. The average Bonchev–Trinajstić information content (AvgIpc) is 3.92. The van der Waals surface area contributed by atoms with Gasteiger partial charge in [-0.05, 0) is 61.8 Å². The molecule has 6 heterocycles. The molecule has 6 aliphatic heterocycles. The summed E-state index contributed by atoms with van der Waals surface area (Å²) in [5.41, 5.74) is 6.43. The van der Waals surface area contributed by atoms with Crippen molar-refractivity contribution in [3.05, 3.63) is 93.9 Å². The number of hydrogen-bond acceptors (Lipinski definition) is 10. The highest BCUT2D eigenvalue weighted by molar-refractivity contribution is 5.94. The molecule has 2 saturated heterocycles. The fourth-order valence-electron chi connectivity index (χ4n) is 12.7. The van der Waals surface area contributed by atoms with Crippen molar-refractivity contribution in [2.24, 2.45) is 10.8 Å². The molecule has 10 heteroatoms. The first kappa shape index (κ1) is 32.1. The number of carbonyl (C=O) groups excluding carboxylic acids is 2. The molecule has 0 bridgehead atoms. The van der Waals surface area contributed by atoms with Crippen molar-refractivity contribution in [2.75, 3.05) is 44.5 Å². The lowest BCUT2D eigenvalue weighted by Crippen LogP contribution is -2.59. The van der Waals surface area contributed by atoms with Crippen molar-refractivity contribution >= 4 is 23.3 Å². The average molecular weight is 703 g/mol. The summed E-state index contributed by atoms with van der Waals surface area (Å²) in [4.78, 5) is 32.2. The van der Waals surface area contributed by atoms with Crippen LogP contribution in [-0.2, 0) is 29.9 Å². The third kappa shape index (κ3) is 3.62. The van der Waals surface area contributed by atoms with Gasteiger partial charge in [-0.2, -0.15) is 0 Å². The number of rotatable bonds is 5. The molecule has 2 spiro atoms. The smallest absolute Gasteiger partial charge is 0.335 e. The molecule has 52 heavy (non-hydrogen) atoms. The first-order valence-corrected chi connectivity index (χ1v) is 18.9. The molecule has 2 aromatic carbocycles. The largest absolute Gasteiger partial charge is 0.508 e. The SMILES string of the molecule is CC[C@]12C=CCN3CC[C@]4(C(=C(C(=O)OC)C1)Nc1cc(O)c([C@@H]5C=C[C@@]6(CC)CC(C(=O)OC)=C7Nc8cc(O)ccc8[C@@]78CCN5[C@@H]68)cc14)[C@@H]32. The van der Waals surface area contributed by atoms with E-state index in [0.29, 0.717) is 24.0 Å². The van der Waals surface area contributed by atoms with Crippen LogP contribution in [0.1, 0.15) is 75.1 Å². The van der Waals surface area contributed by atoms with Crippen LogP contribution in [0.2, 0.25) is 0 Å². The minimum atomic E-state index is -0.522. The van der Waals surface area contributed by atoms with E-state index in [-0.39, 0.29) is 52.4 Å². The lowest BCUT2D eigenvalue weighted by atomic mass is 9.54. The van der Waals surface area contributed by atoms with E-state index in [4.69, 9.17) is 9.47 Å². The lowest BCUT2D eigenvalue weighted by molar-refractivity contribution is -0.138. The normalized spacial score (nSPS) is 36.0. The standard InChI is InChI=1S/C42H46N4O6/c1-5-39-11-7-15-45-16-13-42(37(39)45)28-19-24(32(48)20-30(28)44-34(42)25(21-39)35(49)51-3)31-10-12-40(6-2)22-26(36(50)52-4)33-41(14-17-46(31)38(40)41)27-9-8-23(47)18-29(27)43-33/h7-12,18-20,31,37-38,43-44,47-48H,5-6,13-17,21-22H2,1-4H3/t31-,37-,38-,39-,40-,41-,42-/m0/s1. The lowest BCUT2D eigenvalue weighted by Gasteiger charge is -2.55. The molecule has 2 fully saturated rings. The summed E-state index contributed by atoms with van der Waals surface area (Å²) >= 11 is 0. The van der Waals surface area contributed by atoms with Crippen molar-refractivity contribution in [3.8, 4) is 11.5 Å². The minimum absolute atomic E-state index is 0.0140. The van der Waals surface area contributed by atoms with Crippen LogP contribution in [0.25, 0.3) is 0 Å². The van der Waals surface area contributed by atoms with Gasteiger partial charge in [-0.15, -0.1) is 0 Å². The maximum atomic E-state index is 13.5. The van der Waals surface area contributed by atoms with Crippen molar-refractivity contribution in [2.45, 2.75) is 81.3 Å². The van der Waals surface area contributed by atoms with Crippen LogP contribution < -0.4 is 10.6 Å². The van der Waals surface area contributed by atoms with E-state index in [1.807, 2.05) is 12.1 Å². The number of fused-ring (bicyclic) bond motifs is 2. The molecule has 0 saturated carbocycles. The van der Waals surface area contributed by atoms with Crippen LogP contribution in [0.15, 0.2) is 77.2 Å². The zero-order chi connectivity index (χ0) is 35.9. The Morgan fingerprint density at radius 3 is 2.13 bits per heavy atom. The first-order chi connectivity index (χ1) is 25.1. The van der Waals surface area contributed by atoms with Gasteiger partial charge in [0.2, 0.25) is 0 Å². The van der Waals surface area contributed by atoms with Gasteiger partial charge in [0, 0.05) is 83.0 Å². The van der Waals surface area contributed by atoms with E-state index < -0.39 is 10.8 Å². The van der Waals surface area contributed by atoms with E-state index in [1.165, 1.54) is 14.2 Å². The second kappa shape index (κ2) is 10.5. The van der Waals surface area contributed by atoms with Crippen LogP contribution in [0.4, 0.5) is 11.4 Å². The predicted octanol–water partition coefficient (Wildman–Crippen LogP) is 5.91. The highest BCUT2D eigenvalue weighted by Gasteiger charge is 2.68. The number of anilines is 2. The van der Waals surface area contributed by atoms with Gasteiger partial charge in [0.15, 0.2) is 0 Å². The fourth-order valence-corrected chi connectivity index (χ4v) is 12.7. The Balaban J connectivity index is 1.15. The van der Waals surface area contributed by atoms with Crippen molar-refractivity contribution in [1.29, 1.82) is 0 Å². The minimum Gasteiger partial charge on any atom is -0.508 e. The van der Waals surface area contributed by atoms with Crippen LogP contribution in [0.5, 0.6) is 11.5 Å².